The van der Waals surface area contributed by atoms with E-state index in [1.165, 1.54) is 38.5 Å². The molecule has 0 aliphatic heterocycles. The van der Waals surface area contributed by atoms with Crippen LogP contribution in [0.4, 0.5) is 34.1 Å². The number of nitrogens with one attached hydrogen (secondary N) is 1. The summed E-state index contributed by atoms with van der Waals surface area (Å²) >= 11 is 12.4. The molecule has 75 heavy (non-hydrogen) atoms. The molecule has 0 atom stereocenters. The first-order valence-electron chi connectivity index (χ1n) is 22.0. The molecule has 18 nitrogen and oxygen atoms in total. The molecular formula is C52H42BaCl2N6O12S2. The van der Waals surface area contributed by atoms with Gasteiger partial charge in [0.25, 0.3) is 26.1 Å². The summed E-state index contributed by atoms with van der Waals surface area (Å²) in [6.07, 6.45) is 0.542. The Bertz CT molecular complexity index is 3830. The van der Waals surface area contributed by atoms with E-state index in [0.29, 0.717) is 44.3 Å². The number of para-hydroxylation sites is 4. The molecule has 0 spiro atoms. The molecule has 4 N–H and O–H groups in total. The number of benzene rings is 8. The molecule has 380 valence electrons. The minimum atomic E-state index is -4.50. The molecule has 1 amide bonds. The van der Waals surface area contributed by atoms with Crippen molar-refractivity contribution in [3.05, 3.63) is 166 Å². The third kappa shape index (κ3) is 13.3. The van der Waals surface area contributed by atoms with Crippen molar-refractivity contribution in [1.29, 1.82) is 0 Å². The van der Waals surface area contributed by atoms with Gasteiger partial charge in [0.15, 0.2) is 5.75 Å². The molecule has 8 aromatic carbocycles. The SMILES string of the molecule is CCc1cc(N=Nc2c(O)c(C(=O)Nc3ccccc3OC)cc3ccccc23)c(Cl)cc1S(=O)(=O)O.CCc1cc(N=Nc2c([O-])c(C([O-])=Nc3ccccc3OC)cc3ccccc23)c(Cl)cc1S(=O)(=O)O.[Ba+2]. The largest absolute Gasteiger partial charge is 2.00 e. The Hall–Kier alpha value is -6.41. The zero-order valence-corrected chi connectivity index (χ0v) is 47.7. The molecule has 0 bridgehead atoms. The molecule has 0 aliphatic carbocycles. The number of amides is 1. The number of hydrogen-bond acceptors (Lipinski definition) is 15. The number of aryl methyl sites for hydroxylation is 2. The first kappa shape index (κ1) is 57.9. The van der Waals surface area contributed by atoms with Crippen molar-refractivity contribution in [1.82, 2.24) is 0 Å². The maximum Gasteiger partial charge on any atom is 2.00 e. The van der Waals surface area contributed by atoms with Gasteiger partial charge in [0.05, 0.1) is 51.0 Å². The summed E-state index contributed by atoms with van der Waals surface area (Å²) < 4.78 is 76.2. The van der Waals surface area contributed by atoms with Gasteiger partial charge in [-0.1, -0.05) is 116 Å². The van der Waals surface area contributed by atoms with Gasteiger partial charge >= 0.3 is 48.9 Å². The van der Waals surface area contributed by atoms with Crippen molar-refractivity contribution >= 4 is 160 Å². The quantitative estimate of drug-likeness (QED) is 0.0260. The zero-order chi connectivity index (χ0) is 53.5. The third-order valence-corrected chi connectivity index (χ3v) is 13.7. The molecule has 0 saturated carbocycles. The van der Waals surface area contributed by atoms with Crippen LogP contribution in [0.1, 0.15) is 40.9 Å². The van der Waals surface area contributed by atoms with E-state index in [1.807, 2.05) is 0 Å². The second-order valence-corrected chi connectivity index (χ2v) is 19.4. The summed E-state index contributed by atoms with van der Waals surface area (Å²) in [5.41, 5.74) is 1.13. The molecule has 0 aromatic heterocycles. The van der Waals surface area contributed by atoms with Crippen LogP contribution >= 0.6 is 23.2 Å². The molecule has 8 aromatic rings. The number of ether oxygens (including phenoxy) is 2. The first-order chi connectivity index (χ1) is 35.3. The summed E-state index contributed by atoms with van der Waals surface area (Å²) in [6, 6.07) is 35.3. The number of carbonyl (C=O) groups excluding carboxylic acids is 1. The van der Waals surface area contributed by atoms with E-state index in [1.54, 1.807) is 111 Å². The second-order valence-electron chi connectivity index (χ2n) is 15.8. The fraction of sp³-hybridized carbons (Fsp3) is 0.115. The molecule has 0 radical (unpaired) electrons. The van der Waals surface area contributed by atoms with Crippen molar-refractivity contribution in [3.8, 4) is 23.0 Å². The zero-order valence-electron chi connectivity index (χ0n) is 40.1. The van der Waals surface area contributed by atoms with Crippen LogP contribution < -0.4 is 25.0 Å². The van der Waals surface area contributed by atoms with Crippen LogP contribution in [-0.4, -0.2) is 106 Å². The van der Waals surface area contributed by atoms with E-state index < -0.39 is 43.5 Å². The number of aliphatic imine (C=N–C) groups is 1. The van der Waals surface area contributed by atoms with Gasteiger partial charge < -0.3 is 30.1 Å². The van der Waals surface area contributed by atoms with Crippen LogP contribution in [0.5, 0.6) is 23.0 Å². The maximum absolute atomic E-state index is 13.4. The molecule has 0 saturated heterocycles. The molecule has 0 heterocycles. The van der Waals surface area contributed by atoms with Crippen LogP contribution in [0.2, 0.25) is 10.0 Å². The van der Waals surface area contributed by atoms with Crippen molar-refractivity contribution < 1.29 is 55.5 Å². The number of carbonyl (C=O) groups is 1. The van der Waals surface area contributed by atoms with Gasteiger partial charge in [0.2, 0.25) is 0 Å². The Morgan fingerprint density at radius 3 is 1.59 bits per heavy atom. The second kappa shape index (κ2) is 25.0. The number of fused-ring (bicyclic) bond motifs is 2. The smallest absolute Gasteiger partial charge is 0.871 e. The van der Waals surface area contributed by atoms with Gasteiger partial charge in [-0.3, -0.25) is 18.9 Å². The Kier molecular flexibility index (Phi) is 19.3. The summed E-state index contributed by atoms with van der Waals surface area (Å²) in [7, 11) is -6.05. The number of methoxy groups -OCH3 is 2. The monoisotopic (exact) mass is 1210 g/mol. The van der Waals surface area contributed by atoms with Gasteiger partial charge in [0.1, 0.15) is 34.2 Å². The number of anilines is 1. The predicted molar refractivity (Wildman–Crippen MR) is 285 cm³/mol. The number of nitrogens with zero attached hydrogens (tertiary/aromatic N) is 5. The molecule has 23 heteroatoms. The summed E-state index contributed by atoms with van der Waals surface area (Å²) in [5, 5.41) is 58.8. The number of phenols is 1. The number of phenolic OH excluding ortho intramolecular Hbond substituents is 1. The minimum absolute atomic E-state index is 0. The maximum atomic E-state index is 13.4. The topological polar surface area (TPSA) is 284 Å². The average Bonchev–Trinajstić information content (AvgIpc) is 3.38. The normalized spacial score (nSPS) is 11.9. The molecule has 0 unspecified atom stereocenters. The van der Waals surface area contributed by atoms with Gasteiger partial charge in [-0.2, -0.15) is 21.9 Å². The number of hydrogen-bond donors (Lipinski definition) is 4. The number of azo groups is 2. The third-order valence-electron chi connectivity index (χ3n) is 11.2. The standard InChI is InChI=1S/2C26H22ClN3O6S.Ba/c2*1-3-15-13-21(19(27)14-23(15)37(33,34)35)29-30-24-17-9-5-4-8-16(17)12-18(25(24)31)26(32)28-20-10-6-7-11-22(20)36-2;/h2*4-14,31H,3H2,1-2H3,(H,28,32)(H,33,34,35);/q;;+2/p-2. The van der Waals surface area contributed by atoms with Gasteiger partial charge in [-0.05, 0) is 107 Å². The summed E-state index contributed by atoms with van der Waals surface area (Å²) in [5.74, 6) is -1.64. The predicted octanol–water partition coefficient (Wildman–Crippen LogP) is 11.5. The van der Waals surface area contributed by atoms with Crippen molar-refractivity contribution in [2.75, 3.05) is 19.5 Å². The Morgan fingerprint density at radius 1 is 0.613 bits per heavy atom. The summed E-state index contributed by atoms with van der Waals surface area (Å²) in [4.78, 5) is 16.5. The molecule has 0 fully saturated rings. The van der Waals surface area contributed by atoms with Crippen molar-refractivity contribution in [2.24, 2.45) is 25.4 Å². The number of halogens is 2. The van der Waals surface area contributed by atoms with Crippen LogP contribution in [0.25, 0.3) is 21.5 Å². The Labute approximate surface area is 481 Å². The van der Waals surface area contributed by atoms with Crippen molar-refractivity contribution in [2.45, 2.75) is 36.5 Å². The van der Waals surface area contributed by atoms with Gasteiger partial charge in [-0.15, -0.1) is 15.3 Å². The van der Waals surface area contributed by atoms with Gasteiger partial charge in [-0.25, -0.2) is 0 Å². The fourth-order valence-electron chi connectivity index (χ4n) is 7.56. The van der Waals surface area contributed by atoms with Crippen LogP contribution in [0.3, 0.4) is 0 Å². The minimum Gasteiger partial charge on any atom is -0.871 e. The number of rotatable bonds is 14. The Balaban J connectivity index is 0.000000241. The molecule has 8 rings (SSSR count). The molecule has 0 aliphatic rings. The first-order valence-corrected chi connectivity index (χ1v) is 25.7. The van der Waals surface area contributed by atoms with Crippen molar-refractivity contribution in [3.63, 3.8) is 0 Å². The summed E-state index contributed by atoms with van der Waals surface area (Å²) in [6.45, 7) is 3.41. The van der Waals surface area contributed by atoms with E-state index in [0.717, 1.165) is 12.1 Å². The van der Waals surface area contributed by atoms with E-state index in [9.17, 15) is 46.1 Å². The van der Waals surface area contributed by atoms with Gasteiger partial charge in [0, 0.05) is 10.8 Å². The molecular weight excluding hydrogens is 1170 g/mol. The average molecular weight is 1220 g/mol. The van der Waals surface area contributed by atoms with Crippen LogP contribution in [0.15, 0.2) is 169 Å². The fourth-order valence-corrected chi connectivity index (χ4v) is 9.69. The van der Waals surface area contributed by atoms with E-state index in [4.69, 9.17) is 32.7 Å². The van der Waals surface area contributed by atoms with E-state index >= 15 is 0 Å². The van der Waals surface area contributed by atoms with Crippen LogP contribution in [-0.2, 0) is 33.1 Å². The number of aromatic hydroxyl groups is 1. The van der Waals surface area contributed by atoms with Crippen LogP contribution in [0, 0.1) is 0 Å². The van der Waals surface area contributed by atoms with E-state index in [2.05, 4.69) is 30.8 Å². The Morgan fingerprint density at radius 2 is 1.07 bits per heavy atom. The van der Waals surface area contributed by atoms with E-state index in [-0.39, 0.29) is 127 Å².